The van der Waals surface area contributed by atoms with Crippen LogP contribution in [-0.4, -0.2) is 11.7 Å². The molecule has 0 heterocycles. The lowest BCUT2D eigenvalue weighted by molar-refractivity contribution is 0.243. The van der Waals surface area contributed by atoms with Crippen LogP contribution in [0.4, 0.5) is 0 Å². The zero-order valence-electron chi connectivity index (χ0n) is 10.9. The van der Waals surface area contributed by atoms with Crippen molar-refractivity contribution in [2.24, 2.45) is 0 Å². The smallest absolute Gasteiger partial charge is 0.0626 e. The summed E-state index contributed by atoms with van der Waals surface area (Å²) in [5, 5.41) is 13.6. The molecule has 0 aliphatic rings. The van der Waals surface area contributed by atoms with Gasteiger partial charge in [0.25, 0.3) is 0 Å². The highest BCUT2D eigenvalue weighted by Gasteiger charge is 2.09. The summed E-state index contributed by atoms with van der Waals surface area (Å²) in [5.74, 6) is 0. The van der Waals surface area contributed by atoms with Crippen molar-refractivity contribution in [2.45, 2.75) is 19.5 Å². The predicted molar refractivity (Wildman–Crippen MR) is 79.3 cm³/mol. The number of aryl methyl sites for hydroxylation is 1. The second-order valence-corrected chi connectivity index (χ2v) is 5.03. The van der Waals surface area contributed by atoms with E-state index in [4.69, 9.17) is 11.6 Å². The number of aliphatic hydroxyl groups is 1. The lowest BCUT2D eigenvalue weighted by Crippen LogP contribution is -2.24. The van der Waals surface area contributed by atoms with Crippen LogP contribution in [0.25, 0.3) is 0 Å². The van der Waals surface area contributed by atoms with Gasteiger partial charge in [-0.15, -0.1) is 0 Å². The number of benzene rings is 2. The molecule has 0 fully saturated rings. The van der Waals surface area contributed by atoms with Crippen LogP contribution in [0.2, 0.25) is 5.02 Å². The highest BCUT2D eigenvalue weighted by Crippen LogP contribution is 2.17. The molecule has 0 saturated heterocycles. The highest BCUT2D eigenvalue weighted by atomic mass is 35.5. The molecule has 2 rings (SSSR count). The van der Waals surface area contributed by atoms with Crippen LogP contribution in [0.3, 0.4) is 0 Å². The summed E-state index contributed by atoms with van der Waals surface area (Å²) in [6.45, 7) is 2.83. The van der Waals surface area contributed by atoms with Crippen molar-refractivity contribution < 1.29 is 5.11 Å². The first-order valence-corrected chi connectivity index (χ1v) is 6.72. The maximum atomic E-state index is 9.49. The summed E-state index contributed by atoms with van der Waals surface area (Å²) in [4.78, 5) is 0. The Morgan fingerprint density at radius 2 is 1.89 bits per heavy atom. The van der Waals surface area contributed by atoms with Gasteiger partial charge in [-0.25, -0.2) is 0 Å². The van der Waals surface area contributed by atoms with E-state index in [1.165, 1.54) is 5.56 Å². The highest BCUT2D eigenvalue weighted by molar-refractivity contribution is 6.30. The molecule has 19 heavy (non-hydrogen) atoms. The van der Waals surface area contributed by atoms with E-state index in [-0.39, 0.29) is 12.6 Å². The number of nitrogens with one attached hydrogen (secondary N) is 1. The van der Waals surface area contributed by atoms with Crippen LogP contribution in [0.5, 0.6) is 0 Å². The van der Waals surface area contributed by atoms with E-state index in [1.54, 1.807) is 0 Å². The Morgan fingerprint density at radius 1 is 1.16 bits per heavy atom. The first-order chi connectivity index (χ1) is 9.20. The molecule has 0 saturated carbocycles. The van der Waals surface area contributed by atoms with Crippen molar-refractivity contribution in [3.63, 3.8) is 0 Å². The lowest BCUT2D eigenvalue weighted by Gasteiger charge is -2.17. The minimum atomic E-state index is -0.0451. The fourth-order valence-electron chi connectivity index (χ4n) is 2.06. The van der Waals surface area contributed by atoms with Gasteiger partial charge in [0.1, 0.15) is 0 Å². The number of hydrogen-bond acceptors (Lipinski definition) is 2. The second kappa shape index (κ2) is 6.71. The third kappa shape index (κ3) is 3.80. The van der Waals surface area contributed by atoms with Gasteiger partial charge in [0.05, 0.1) is 12.6 Å². The summed E-state index contributed by atoms with van der Waals surface area (Å²) in [7, 11) is 0. The Morgan fingerprint density at radius 3 is 2.53 bits per heavy atom. The van der Waals surface area contributed by atoms with Crippen molar-refractivity contribution in [3.8, 4) is 0 Å². The van der Waals surface area contributed by atoms with Gasteiger partial charge in [-0.2, -0.15) is 0 Å². The summed E-state index contributed by atoms with van der Waals surface area (Å²) in [5.41, 5.74) is 3.44. The minimum absolute atomic E-state index is 0.0451. The molecular formula is C16H18ClNO. The predicted octanol–water partition coefficient (Wildman–Crippen LogP) is 3.47. The summed E-state index contributed by atoms with van der Waals surface area (Å²) < 4.78 is 0. The summed E-state index contributed by atoms with van der Waals surface area (Å²) in [6, 6.07) is 15.8. The van der Waals surface area contributed by atoms with Crippen molar-refractivity contribution in [1.82, 2.24) is 5.32 Å². The molecule has 2 aromatic carbocycles. The van der Waals surface area contributed by atoms with Crippen LogP contribution in [0.1, 0.15) is 22.7 Å². The van der Waals surface area contributed by atoms with E-state index in [1.807, 2.05) is 55.5 Å². The Bertz CT molecular complexity index is 528. The zero-order chi connectivity index (χ0) is 13.7. The first kappa shape index (κ1) is 14.1. The third-order valence-corrected chi connectivity index (χ3v) is 3.46. The molecule has 2 aromatic rings. The van der Waals surface area contributed by atoms with Gasteiger partial charge in [-0.05, 0) is 35.7 Å². The van der Waals surface area contributed by atoms with Gasteiger partial charge in [-0.1, -0.05) is 48.0 Å². The van der Waals surface area contributed by atoms with Crippen molar-refractivity contribution in [3.05, 3.63) is 70.2 Å². The summed E-state index contributed by atoms with van der Waals surface area (Å²) >= 11 is 5.94. The SMILES string of the molecule is Cc1cc(Cl)ccc1CNC(CO)c1ccccc1. The van der Waals surface area contributed by atoms with E-state index < -0.39 is 0 Å². The van der Waals surface area contributed by atoms with Crippen molar-refractivity contribution in [1.29, 1.82) is 0 Å². The third-order valence-electron chi connectivity index (χ3n) is 3.23. The van der Waals surface area contributed by atoms with Crippen LogP contribution >= 0.6 is 11.6 Å². The van der Waals surface area contributed by atoms with Crippen molar-refractivity contribution >= 4 is 11.6 Å². The Hall–Kier alpha value is -1.35. The molecule has 2 N–H and O–H groups in total. The standard InChI is InChI=1S/C16H18ClNO/c1-12-9-15(17)8-7-14(12)10-18-16(11-19)13-5-3-2-4-6-13/h2-9,16,18-19H,10-11H2,1H3. The Labute approximate surface area is 119 Å². The Kier molecular flexibility index (Phi) is 4.97. The molecule has 0 amide bonds. The van der Waals surface area contributed by atoms with Gasteiger partial charge in [0.15, 0.2) is 0 Å². The van der Waals surface area contributed by atoms with Gasteiger partial charge in [0.2, 0.25) is 0 Å². The molecule has 0 radical (unpaired) electrons. The topological polar surface area (TPSA) is 32.3 Å². The van der Waals surface area contributed by atoms with E-state index in [9.17, 15) is 5.11 Å². The van der Waals surface area contributed by atoms with E-state index >= 15 is 0 Å². The number of halogens is 1. The monoisotopic (exact) mass is 275 g/mol. The molecule has 0 aliphatic carbocycles. The van der Waals surface area contributed by atoms with Crippen LogP contribution in [0.15, 0.2) is 48.5 Å². The zero-order valence-corrected chi connectivity index (χ0v) is 11.7. The quantitative estimate of drug-likeness (QED) is 0.876. The van der Waals surface area contributed by atoms with E-state index in [0.29, 0.717) is 6.54 Å². The fraction of sp³-hybridized carbons (Fsp3) is 0.250. The van der Waals surface area contributed by atoms with Gasteiger partial charge in [-0.3, -0.25) is 0 Å². The second-order valence-electron chi connectivity index (χ2n) is 4.60. The number of hydrogen-bond donors (Lipinski definition) is 2. The van der Waals surface area contributed by atoms with Gasteiger partial charge < -0.3 is 10.4 Å². The normalized spacial score (nSPS) is 12.4. The number of rotatable bonds is 5. The largest absolute Gasteiger partial charge is 0.394 e. The number of aliphatic hydroxyl groups excluding tert-OH is 1. The molecule has 2 nitrogen and oxygen atoms in total. The average Bonchev–Trinajstić information content (AvgIpc) is 2.43. The average molecular weight is 276 g/mol. The van der Waals surface area contributed by atoms with Crippen molar-refractivity contribution in [2.75, 3.05) is 6.61 Å². The molecule has 0 bridgehead atoms. The maximum absolute atomic E-state index is 9.49. The molecule has 3 heteroatoms. The van der Waals surface area contributed by atoms with Crippen LogP contribution < -0.4 is 5.32 Å². The van der Waals surface area contributed by atoms with Gasteiger partial charge in [0, 0.05) is 11.6 Å². The van der Waals surface area contributed by atoms with E-state index in [2.05, 4.69) is 5.32 Å². The summed E-state index contributed by atoms with van der Waals surface area (Å²) in [6.07, 6.45) is 0. The molecule has 1 atom stereocenters. The fourth-order valence-corrected chi connectivity index (χ4v) is 2.29. The molecule has 100 valence electrons. The van der Waals surface area contributed by atoms with Gasteiger partial charge >= 0.3 is 0 Å². The lowest BCUT2D eigenvalue weighted by atomic mass is 10.1. The molecular weight excluding hydrogens is 258 g/mol. The van der Waals surface area contributed by atoms with E-state index in [0.717, 1.165) is 16.1 Å². The minimum Gasteiger partial charge on any atom is -0.394 e. The molecule has 0 aromatic heterocycles. The first-order valence-electron chi connectivity index (χ1n) is 6.35. The van der Waals surface area contributed by atoms with Crippen LogP contribution in [-0.2, 0) is 6.54 Å². The van der Waals surface area contributed by atoms with Crippen LogP contribution in [0, 0.1) is 6.92 Å². The Balaban J connectivity index is 2.04. The molecule has 0 spiro atoms. The molecule has 0 aliphatic heterocycles. The molecule has 1 unspecified atom stereocenters. The maximum Gasteiger partial charge on any atom is 0.0626 e.